The maximum Gasteiger partial charge on any atom is 0.214 e. The first-order valence-corrected chi connectivity index (χ1v) is 7.83. The van der Waals surface area contributed by atoms with E-state index in [0.717, 1.165) is 30.6 Å². The van der Waals surface area contributed by atoms with Crippen LogP contribution in [0.4, 0.5) is 0 Å². The number of benzene rings is 1. The van der Waals surface area contributed by atoms with E-state index < -0.39 is 10.0 Å². The summed E-state index contributed by atoms with van der Waals surface area (Å²) in [5.74, 6) is 1.12. The average molecular weight is 269 g/mol. The van der Waals surface area contributed by atoms with E-state index >= 15 is 0 Å². The lowest BCUT2D eigenvalue weighted by molar-refractivity contribution is 0.386. The summed E-state index contributed by atoms with van der Waals surface area (Å²) < 4.78 is 30.3. The summed E-state index contributed by atoms with van der Waals surface area (Å²) in [5, 5.41) is 0. The predicted octanol–water partition coefficient (Wildman–Crippen LogP) is 1.66. The lowest BCUT2D eigenvalue weighted by Crippen LogP contribution is -2.39. The first-order chi connectivity index (χ1) is 8.62. The number of nitrogens with zero attached hydrogens (tertiary/aromatic N) is 1. The van der Waals surface area contributed by atoms with Crippen molar-refractivity contribution in [3.8, 4) is 5.75 Å². The van der Waals surface area contributed by atoms with E-state index in [2.05, 4.69) is 0 Å². The van der Waals surface area contributed by atoms with E-state index in [0.29, 0.717) is 18.8 Å². The van der Waals surface area contributed by atoms with Gasteiger partial charge in [0, 0.05) is 13.1 Å². The van der Waals surface area contributed by atoms with E-state index in [1.54, 1.807) is 11.4 Å². The van der Waals surface area contributed by atoms with Gasteiger partial charge >= 0.3 is 0 Å². The number of sulfonamides is 1. The largest absolute Gasteiger partial charge is 0.497 e. The second-order valence-corrected chi connectivity index (χ2v) is 6.61. The number of ether oxygens (including phenoxy) is 1. The van der Waals surface area contributed by atoms with E-state index in [1.807, 2.05) is 24.3 Å². The van der Waals surface area contributed by atoms with Crippen LogP contribution in [-0.2, 0) is 16.4 Å². The van der Waals surface area contributed by atoms with Crippen molar-refractivity contribution in [2.45, 2.75) is 19.3 Å². The van der Waals surface area contributed by atoms with Crippen LogP contribution in [0.3, 0.4) is 0 Å². The van der Waals surface area contributed by atoms with Crippen LogP contribution in [0.2, 0.25) is 0 Å². The summed E-state index contributed by atoms with van der Waals surface area (Å²) in [5.41, 5.74) is 1.14. The third-order valence-corrected chi connectivity index (χ3v) is 5.22. The van der Waals surface area contributed by atoms with Crippen LogP contribution in [0.15, 0.2) is 24.3 Å². The lowest BCUT2D eigenvalue weighted by Gasteiger charge is -2.26. The number of hydrogen-bond donors (Lipinski definition) is 0. The van der Waals surface area contributed by atoms with Crippen molar-refractivity contribution in [3.05, 3.63) is 29.8 Å². The van der Waals surface area contributed by atoms with Crippen LogP contribution in [-0.4, -0.2) is 38.7 Å². The average Bonchev–Trinajstić information content (AvgIpc) is 2.38. The molecule has 18 heavy (non-hydrogen) atoms. The van der Waals surface area contributed by atoms with Crippen LogP contribution in [0.1, 0.15) is 18.4 Å². The summed E-state index contributed by atoms with van der Waals surface area (Å²) in [6.07, 6.45) is 2.52. The predicted molar refractivity (Wildman–Crippen MR) is 71.3 cm³/mol. The molecule has 0 bridgehead atoms. The molecule has 5 heteroatoms. The normalized spacial score (nSPS) is 19.6. The van der Waals surface area contributed by atoms with Crippen molar-refractivity contribution in [3.63, 3.8) is 0 Å². The van der Waals surface area contributed by atoms with E-state index in [-0.39, 0.29) is 0 Å². The monoisotopic (exact) mass is 269 g/mol. The van der Waals surface area contributed by atoms with Crippen LogP contribution in [0.5, 0.6) is 5.75 Å². The van der Waals surface area contributed by atoms with Gasteiger partial charge in [-0.15, -0.1) is 0 Å². The van der Waals surface area contributed by atoms with Gasteiger partial charge in [-0.3, -0.25) is 0 Å². The molecule has 0 amide bonds. The summed E-state index contributed by atoms with van der Waals surface area (Å²) in [4.78, 5) is 0. The summed E-state index contributed by atoms with van der Waals surface area (Å²) >= 11 is 0. The molecule has 4 nitrogen and oxygen atoms in total. The Bertz CT molecular complexity index is 481. The Morgan fingerprint density at radius 2 is 1.94 bits per heavy atom. The fourth-order valence-electron chi connectivity index (χ4n) is 2.14. The second-order valence-electron chi connectivity index (χ2n) is 4.52. The van der Waals surface area contributed by atoms with Gasteiger partial charge in [-0.1, -0.05) is 12.1 Å². The topological polar surface area (TPSA) is 46.6 Å². The molecule has 0 N–H and O–H groups in total. The van der Waals surface area contributed by atoms with Gasteiger partial charge in [0.1, 0.15) is 5.75 Å². The summed E-state index contributed by atoms with van der Waals surface area (Å²) in [7, 11) is -1.36. The molecule has 100 valence electrons. The van der Waals surface area contributed by atoms with E-state index in [4.69, 9.17) is 4.74 Å². The Labute approximate surface area is 109 Å². The quantitative estimate of drug-likeness (QED) is 0.835. The molecule has 1 saturated heterocycles. The zero-order valence-electron chi connectivity index (χ0n) is 10.6. The molecule has 2 rings (SSSR count). The van der Waals surface area contributed by atoms with Crippen LogP contribution < -0.4 is 4.74 Å². The molecule has 1 aromatic carbocycles. The molecule has 0 unspecified atom stereocenters. The standard InChI is InChI=1S/C13H19NO3S/c1-17-13-6-4-12(5-7-13)8-10-14-9-2-3-11-18(14,15)16/h4-7H,2-3,8-11H2,1H3. The molecule has 1 aliphatic rings. The van der Waals surface area contributed by atoms with Crippen molar-refractivity contribution in [1.82, 2.24) is 4.31 Å². The van der Waals surface area contributed by atoms with Gasteiger partial charge in [-0.25, -0.2) is 12.7 Å². The molecule has 0 aliphatic carbocycles. The molecule has 1 fully saturated rings. The van der Waals surface area contributed by atoms with Crippen molar-refractivity contribution < 1.29 is 13.2 Å². The molecule has 0 spiro atoms. The van der Waals surface area contributed by atoms with Crippen LogP contribution in [0, 0.1) is 0 Å². The number of hydrogen-bond acceptors (Lipinski definition) is 3. The maximum absolute atomic E-state index is 11.8. The van der Waals surface area contributed by atoms with Crippen LogP contribution >= 0.6 is 0 Å². The van der Waals surface area contributed by atoms with Gasteiger partial charge in [-0.2, -0.15) is 0 Å². The Hall–Kier alpha value is -1.07. The van der Waals surface area contributed by atoms with Crippen molar-refractivity contribution in [1.29, 1.82) is 0 Å². The first kappa shape index (κ1) is 13.4. The molecular formula is C13H19NO3S. The highest BCUT2D eigenvalue weighted by molar-refractivity contribution is 7.89. The molecule has 0 radical (unpaired) electrons. The SMILES string of the molecule is COc1ccc(CCN2CCCCS2(=O)=O)cc1. The Morgan fingerprint density at radius 1 is 1.22 bits per heavy atom. The molecule has 0 saturated carbocycles. The molecule has 1 heterocycles. The Kier molecular flexibility index (Phi) is 4.24. The van der Waals surface area contributed by atoms with Gasteiger partial charge < -0.3 is 4.74 Å². The van der Waals surface area contributed by atoms with Crippen LogP contribution in [0.25, 0.3) is 0 Å². The molecular weight excluding hydrogens is 250 g/mol. The minimum absolute atomic E-state index is 0.301. The summed E-state index contributed by atoms with van der Waals surface area (Å²) in [6.45, 7) is 1.24. The Morgan fingerprint density at radius 3 is 2.56 bits per heavy atom. The van der Waals surface area contributed by atoms with E-state index in [9.17, 15) is 8.42 Å². The fourth-order valence-corrected chi connectivity index (χ4v) is 3.74. The first-order valence-electron chi connectivity index (χ1n) is 6.22. The molecule has 0 atom stereocenters. The minimum Gasteiger partial charge on any atom is -0.497 e. The van der Waals surface area contributed by atoms with Gasteiger partial charge in [0.25, 0.3) is 0 Å². The zero-order valence-corrected chi connectivity index (χ0v) is 11.4. The van der Waals surface area contributed by atoms with Gasteiger partial charge in [-0.05, 0) is 37.0 Å². The summed E-state index contributed by atoms with van der Waals surface area (Å²) in [6, 6.07) is 7.77. The van der Waals surface area contributed by atoms with Gasteiger partial charge in [0.05, 0.1) is 12.9 Å². The van der Waals surface area contributed by atoms with E-state index in [1.165, 1.54) is 0 Å². The zero-order chi connectivity index (χ0) is 13.0. The van der Waals surface area contributed by atoms with Gasteiger partial charge in [0.15, 0.2) is 0 Å². The Balaban J connectivity index is 1.94. The molecule has 1 aliphatic heterocycles. The highest BCUT2D eigenvalue weighted by Crippen LogP contribution is 2.16. The second kappa shape index (κ2) is 5.71. The molecule has 1 aromatic rings. The number of methoxy groups -OCH3 is 1. The third kappa shape index (κ3) is 3.23. The lowest BCUT2D eigenvalue weighted by atomic mass is 10.1. The fraction of sp³-hybridized carbons (Fsp3) is 0.538. The third-order valence-electron chi connectivity index (χ3n) is 3.26. The van der Waals surface area contributed by atoms with Crippen molar-refractivity contribution >= 4 is 10.0 Å². The van der Waals surface area contributed by atoms with Gasteiger partial charge in [0.2, 0.25) is 10.0 Å². The number of rotatable bonds is 4. The smallest absolute Gasteiger partial charge is 0.214 e. The maximum atomic E-state index is 11.8. The minimum atomic E-state index is -3.00. The van der Waals surface area contributed by atoms with Crippen molar-refractivity contribution in [2.75, 3.05) is 26.0 Å². The highest BCUT2D eigenvalue weighted by atomic mass is 32.2. The van der Waals surface area contributed by atoms with Crippen molar-refractivity contribution in [2.24, 2.45) is 0 Å². The molecule has 0 aromatic heterocycles. The highest BCUT2D eigenvalue weighted by Gasteiger charge is 2.24.